The zero-order valence-corrected chi connectivity index (χ0v) is 20.0. The Hall–Kier alpha value is -0.980. The molecule has 1 saturated carbocycles. The fraction of sp³-hybridized carbons (Fsp3) is 0.957. The minimum Gasteiger partial charge on any atom is -0.376 e. The first-order chi connectivity index (χ1) is 16.2. The van der Waals surface area contributed by atoms with Crippen LogP contribution in [0.2, 0.25) is 0 Å². The van der Waals surface area contributed by atoms with Gasteiger partial charge in [-0.05, 0) is 56.9 Å². The number of amides is 1. The van der Waals surface area contributed by atoms with Gasteiger partial charge in [0.2, 0.25) is 5.91 Å². The van der Waals surface area contributed by atoms with Gasteiger partial charge in [-0.3, -0.25) is 15.0 Å². The number of piperidine rings is 1. The second kappa shape index (κ2) is 9.82. The molecule has 0 radical (unpaired) electrons. The third kappa shape index (κ3) is 4.97. The van der Waals surface area contributed by atoms with Gasteiger partial charge in [-0.1, -0.05) is 13.3 Å². The summed E-state index contributed by atoms with van der Waals surface area (Å²) in [6, 6.07) is 0. The topological polar surface area (TPSA) is 78.1 Å². The van der Waals surface area contributed by atoms with E-state index < -0.39 is 23.9 Å². The number of hydrazine groups is 1. The van der Waals surface area contributed by atoms with Crippen molar-refractivity contribution in [1.29, 1.82) is 0 Å². The van der Waals surface area contributed by atoms with E-state index in [0.717, 1.165) is 25.9 Å². The highest BCUT2D eigenvalue weighted by atomic mass is 19.4. The molecule has 4 aliphatic heterocycles. The molecule has 0 bridgehead atoms. The van der Waals surface area contributed by atoms with Crippen molar-refractivity contribution in [3.63, 3.8) is 0 Å². The summed E-state index contributed by atoms with van der Waals surface area (Å²) < 4.78 is 52.7. The van der Waals surface area contributed by atoms with Crippen LogP contribution in [0.1, 0.15) is 45.4 Å². The Bertz CT molecular complexity index is 739. The van der Waals surface area contributed by atoms with Crippen LogP contribution in [0.3, 0.4) is 0 Å². The molecule has 7 unspecified atom stereocenters. The highest BCUT2D eigenvalue weighted by molar-refractivity contribution is 5.82. The van der Waals surface area contributed by atoms with Gasteiger partial charge in [-0.2, -0.15) is 13.2 Å². The molecule has 194 valence electrons. The fourth-order valence-corrected chi connectivity index (χ4v) is 6.65. The molecule has 1 aliphatic carbocycles. The van der Waals surface area contributed by atoms with E-state index in [0.29, 0.717) is 37.9 Å². The average Bonchev–Trinajstić information content (AvgIpc) is 3.32. The third-order valence-electron chi connectivity index (χ3n) is 8.78. The van der Waals surface area contributed by atoms with Gasteiger partial charge in [0.15, 0.2) is 0 Å². The Morgan fingerprint density at radius 1 is 1.24 bits per heavy atom. The fourth-order valence-electron chi connectivity index (χ4n) is 6.65. The van der Waals surface area contributed by atoms with Crippen molar-refractivity contribution in [1.82, 2.24) is 26.0 Å². The van der Waals surface area contributed by atoms with E-state index in [2.05, 4.69) is 35.0 Å². The van der Waals surface area contributed by atoms with Crippen molar-refractivity contribution in [3.05, 3.63) is 0 Å². The smallest absolute Gasteiger partial charge is 0.376 e. The van der Waals surface area contributed by atoms with Gasteiger partial charge in [0.05, 0.1) is 38.1 Å². The van der Waals surface area contributed by atoms with Crippen LogP contribution >= 0.6 is 0 Å². The van der Waals surface area contributed by atoms with E-state index >= 15 is 0 Å². The van der Waals surface area contributed by atoms with Crippen LogP contribution in [0.4, 0.5) is 13.2 Å². The largest absolute Gasteiger partial charge is 0.392 e. The molecule has 4 heterocycles. The maximum absolute atomic E-state index is 13.7. The molecular weight excluding hydrogens is 451 g/mol. The molecule has 8 nitrogen and oxygen atoms in total. The van der Waals surface area contributed by atoms with Crippen LogP contribution in [-0.4, -0.2) is 80.0 Å². The predicted octanol–water partition coefficient (Wildman–Crippen LogP) is 1.84. The summed E-state index contributed by atoms with van der Waals surface area (Å²) in [7, 11) is 2.07. The summed E-state index contributed by atoms with van der Waals surface area (Å²) in [6.07, 6.45) is -0.878. The van der Waals surface area contributed by atoms with Gasteiger partial charge in [-0.15, -0.1) is 0 Å². The van der Waals surface area contributed by atoms with E-state index in [1.54, 1.807) is 4.90 Å². The summed E-state index contributed by atoms with van der Waals surface area (Å²) in [5, 5.41) is 3.48. The second-order valence-electron chi connectivity index (χ2n) is 11.0. The molecule has 4 saturated heterocycles. The van der Waals surface area contributed by atoms with E-state index in [4.69, 9.17) is 9.47 Å². The lowest BCUT2D eigenvalue weighted by atomic mass is 9.73. The van der Waals surface area contributed by atoms with Crippen LogP contribution in [0.15, 0.2) is 0 Å². The van der Waals surface area contributed by atoms with Crippen molar-refractivity contribution in [2.45, 2.75) is 76.3 Å². The lowest BCUT2D eigenvalue weighted by Crippen LogP contribution is -2.58. The predicted molar refractivity (Wildman–Crippen MR) is 118 cm³/mol. The number of alkyl halides is 3. The number of ether oxygens (including phenoxy) is 2. The lowest BCUT2D eigenvalue weighted by Gasteiger charge is -2.44. The van der Waals surface area contributed by atoms with Crippen molar-refractivity contribution >= 4 is 5.91 Å². The van der Waals surface area contributed by atoms with Gasteiger partial charge in [0.1, 0.15) is 12.3 Å². The molecule has 3 N–H and O–H groups in total. The summed E-state index contributed by atoms with van der Waals surface area (Å²) in [5.41, 5.74) is 6.47. The van der Waals surface area contributed by atoms with E-state index in [1.807, 2.05) is 0 Å². The number of hydrogen-bond acceptors (Lipinski definition) is 7. The molecule has 0 spiro atoms. The minimum atomic E-state index is -4.25. The minimum absolute atomic E-state index is 0.0329. The van der Waals surface area contributed by atoms with Gasteiger partial charge in [0, 0.05) is 12.5 Å². The van der Waals surface area contributed by atoms with Crippen LogP contribution in [0.5, 0.6) is 0 Å². The second-order valence-corrected chi connectivity index (χ2v) is 11.0. The molecule has 8 atom stereocenters. The molecule has 11 heteroatoms. The zero-order chi connectivity index (χ0) is 24.0. The van der Waals surface area contributed by atoms with Gasteiger partial charge in [0.25, 0.3) is 0 Å². The number of carbonyl (C=O) groups excluding carboxylic acids is 1. The van der Waals surface area contributed by atoms with Crippen molar-refractivity contribution in [3.8, 4) is 0 Å². The Morgan fingerprint density at radius 2 is 2.03 bits per heavy atom. The molecule has 1 amide bonds. The molecule has 0 aromatic heterocycles. The van der Waals surface area contributed by atoms with Gasteiger partial charge < -0.3 is 14.4 Å². The number of nitrogens with one attached hydrogen (secondary N) is 3. The van der Waals surface area contributed by atoms with Crippen molar-refractivity contribution < 1.29 is 27.4 Å². The number of carbonyl (C=O) groups is 1. The SMILES string of the molecule is C[C@H](CC1NNCN1C)C1CC(OC2COC2)NC(N2CC3C(CCCC3C(F)(F)F)C2=O)C1. The third-order valence-corrected chi connectivity index (χ3v) is 8.78. The van der Waals surface area contributed by atoms with Crippen LogP contribution in [0, 0.1) is 29.6 Å². The molecule has 0 aromatic rings. The number of rotatable bonds is 6. The molecule has 5 fully saturated rings. The van der Waals surface area contributed by atoms with Crippen molar-refractivity contribution in [2.24, 2.45) is 29.6 Å². The maximum Gasteiger partial charge on any atom is 0.392 e. The Balaban J connectivity index is 1.30. The van der Waals surface area contributed by atoms with E-state index in [9.17, 15) is 18.0 Å². The number of fused-ring (bicyclic) bond motifs is 1. The van der Waals surface area contributed by atoms with Gasteiger partial charge >= 0.3 is 6.18 Å². The van der Waals surface area contributed by atoms with Crippen LogP contribution < -0.4 is 16.2 Å². The standard InChI is InChI=1S/C23H38F3N5O3/c1-13(6-20-29-27-12-30(20)2)14-7-19(28-21(8-14)34-15-10-33-11-15)31-9-17-16(22(31)32)4-3-5-18(17)23(24,25)26/h13-21,27-29H,3-12H2,1-2H3/t13-,14?,16?,17?,18?,19?,20?,21?/m1/s1. The highest BCUT2D eigenvalue weighted by Gasteiger charge is 2.56. The first kappa shape index (κ1) is 24.7. The summed E-state index contributed by atoms with van der Waals surface area (Å²) in [4.78, 5) is 17.3. The summed E-state index contributed by atoms with van der Waals surface area (Å²) in [5.74, 6) is -1.99. The zero-order valence-electron chi connectivity index (χ0n) is 20.0. The van der Waals surface area contributed by atoms with Gasteiger partial charge in [-0.25, -0.2) is 10.9 Å². The quantitative estimate of drug-likeness (QED) is 0.526. The lowest BCUT2D eigenvalue weighted by molar-refractivity contribution is -0.199. The first-order valence-electron chi connectivity index (χ1n) is 12.8. The van der Waals surface area contributed by atoms with Crippen LogP contribution in [0.25, 0.3) is 0 Å². The average molecular weight is 490 g/mol. The molecule has 5 aliphatic rings. The Labute approximate surface area is 199 Å². The molecule has 34 heavy (non-hydrogen) atoms. The number of likely N-dealkylation sites (tertiary alicyclic amines) is 1. The van der Waals surface area contributed by atoms with Crippen LogP contribution in [-0.2, 0) is 14.3 Å². The number of halogens is 3. The Kier molecular flexibility index (Phi) is 7.13. The molecular formula is C23H38F3N5O3. The van der Waals surface area contributed by atoms with Crippen molar-refractivity contribution in [2.75, 3.05) is 33.5 Å². The number of hydrogen-bond donors (Lipinski definition) is 3. The highest BCUT2D eigenvalue weighted by Crippen LogP contribution is 2.48. The van der Waals surface area contributed by atoms with E-state index in [-0.39, 0.29) is 43.5 Å². The summed E-state index contributed by atoms with van der Waals surface area (Å²) in [6.45, 7) is 4.32. The number of nitrogens with zero attached hydrogens (tertiary/aromatic N) is 2. The molecule has 5 rings (SSSR count). The first-order valence-corrected chi connectivity index (χ1v) is 12.8. The van der Waals surface area contributed by atoms with E-state index in [1.165, 1.54) is 0 Å². The maximum atomic E-state index is 13.7. The normalized spacial score (nSPS) is 40.9. The summed E-state index contributed by atoms with van der Waals surface area (Å²) >= 11 is 0. The molecule has 0 aromatic carbocycles. The Morgan fingerprint density at radius 3 is 2.68 bits per heavy atom. The monoisotopic (exact) mass is 489 g/mol.